The molecular weight excluding hydrogens is 646 g/mol. The largest absolute Gasteiger partial charge is 0.350 e. The average Bonchev–Trinajstić information content (AvgIpc) is 3.99. The molecule has 1 aromatic carbocycles. The second-order valence-electron chi connectivity index (χ2n) is 15.2. The Morgan fingerprint density at radius 1 is 0.765 bits per heavy atom. The van der Waals surface area contributed by atoms with Crippen molar-refractivity contribution in [1.29, 1.82) is 0 Å². The lowest BCUT2D eigenvalue weighted by atomic mass is 10.0. The maximum atomic E-state index is 13.6. The van der Waals surface area contributed by atoms with Crippen molar-refractivity contribution in [2.75, 3.05) is 13.1 Å². The van der Waals surface area contributed by atoms with Crippen molar-refractivity contribution in [1.82, 2.24) is 35.7 Å². The van der Waals surface area contributed by atoms with Crippen LogP contribution in [0.2, 0.25) is 0 Å². The highest BCUT2D eigenvalue weighted by molar-refractivity contribution is 5.93. The van der Waals surface area contributed by atoms with Crippen LogP contribution < -0.4 is 16.0 Å². The maximum absolute atomic E-state index is 13.6. The van der Waals surface area contributed by atoms with E-state index in [1.54, 1.807) is 11.1 Å². The number of carbonyl (C=O) groups is 5. The number of hydrogen-bond donors (Lipinski definition) is 4. The van der Waals surface area contributed by atoms with Crippen LogP contribution in [0.4, 0.5) is 0 Å². The van der Waals surface area contributed by atoms with Gasteiger partial charge in [-0.2, -0.15) is 0 Å². The van der Waals surface area contributed by atoms with E-state index in [0.717, 1.165) is 56.1 Å². The summed E-state index contributed by atoms with van der Waals surface area (Å²) in [5.74, 6) is 6.39. The Hall–Kier alpha value is -4.66. The smallest absolute Gasteiger partial charge is 0.246 e. The number of likely N-dealkylation sites (tertiary alicyclic amines) is 2. The molecule has 4 atom stereocenters. The molecule has 12 heteroatoms. The van der Waals surface area contributed by atoms with E-state index >= 15 is 0 Å². The molecular formula is C39H51N7O5. The fourth-order valence-corrected chi connectivity index (χ4v) is 6.96. The van der Waals surface area contributed by atoms with Gasteiger partial charge in [0, 0.05) is 37.0 Å². The summed E-state index contributed by atoms with van der Waals surface area (Å²) >= 11 is 0. The third-order valence-electron chi connectivity index (χ3n) is 10.4. The zero-order chi connectivity index (χ0) is 36.2. The van der Waals surface area contributed by atoms with Gasteiger partial charge in [0.15, 0.2) is 0 Å². The summed E-state index contributed by atoms with van der Waals surface area (Å²) in [5.41, 5.74) is 2.35. The molecule has 12 nitrogen and oxygen atoms in total. The maximum Gasteiger partial charge on any atom is 0.246 e. The van der Waals surface area contributed by atoms with Crippen LogP contribution in [0.3, 0.4) is 0 Å². The molecule has 2 saturated heterocycles. The van der Waals surface area contributed by atoms with Gasteiger partial charge in [0.25, 0.3) is 0 Å². The van der Waals surface area contributed by atoms with Gasteiger partial charge in [0.1, 0.15) is 29.6 Å². The molecule has 272 valence electrons. The average molecular weight is 698 g/mol. The van der Waals surface area contributed by atoms with E-state index in [9.17, 15) is 24.0 Å². The van der Waals surface area contributed by atoms with Gasteiger partial charge < -0.3 is 30.7 Å². The van der Waals surface area contributed by atoms with Gasteiger partial charge >= 0.3 is 0 Å². The van der Waals surface area contributed by atoms with Crippen molar-refractivity contribution in [2.45, 2.75) is 110 Å². The standard InChI is InChI=1S/C39H51N7O5/c1-23(2)32(43-35(47)27-14-15-27)38(50)45-19-5-7-30(45)34-40-22-29(42-34)18-13-25-9-11-26(12-10-25)21-41-37(49)31-8-6-20-46(31)39(51)33(24(3)4)44-36(48)28-16-17-28/h9-12,22-24,27-28,30-33H,5-8,14-17,19-21H2,1-4H3,(H,40,42)(H,41,49)(H,43,47)(H,44,48)/t30-,31-,32+,33+/m0/s1. The Morgan fingerprint density at radius 3 is 1.92 bits per heavy atom. The Bertz CT molecular complexity index is 1680. The molecule has 0 bridgehead atoms. The van der Waals surface area contributed by atoms with Gasteiger partial charge in [-0.1, -0.05) is 45.7 Å². The van der Waals surface area contributed by atoms with Crippen LogP contribution in [0.15, 0.2) is 30.5 Å². The number of rotatable bonds is 12. The van der Waals surface area contributed by atoms with Crippen LogP contribution >= 0.6 is 0 Å². The number of aromatic amines is 1. The molecule has 0 unspecified atom stereocenters. The van der Waals surface area contributed by atoms with E-state index in [0.29, 0.717) is 37.6 Å². The minimum atomic E-state index is -0.635. The van der Waals surface area contributed by atoms with E-state index in [-0.39, 0.29) is 59.2 Å². The van der Waals surface area contributed by atoms with Crippen molar-refractivity contribution < 1.29 is 24.0 Å². The molecule has 0 radical (unpaired) electrons. The first kappa shape index (κ1) is 36.1. The van der Waals surface area contributed by atoms with Gasteiger partial charge in [0.05, 0.1) is 12.2 Å². The summed E-state index contributed by atoms with van der Waals surface area (Å²) < 4.78 is 0. The lowest BCUT2D eigenvalue weighted by Crippen LogP contribution is -2.55. The first-order valence-corrected chi connectivity index (χ1v) is 18.7. The van der Waals surface area contributed by atoms with E-state index in [1.807, 2.05) is 56.9 Å². The van der Waals surface area contributed by atoms with Crippen LogP contribution in [0.25, 0.3) is 0 Å². The number of H-pyrrole nitrogens is 1. The number of hydrogen-bond acceptors (Lipinski definition) is 6. The van der Waals surface area contributed by atoms with Gasteiger partial charge in [-0.05, 0) is 86.8 Å². The normalized spacial score (nSPS) is 21.2. The van der Waals surface area contributed by atoms with E-state index in [4.69, 9.17) is 0 Å². The number of benzene rings is 1. The van der Waals surface area contributed by atoms with Crippen LogP contribution in [-0.2, 0) is 30.5 Å². The number of amides is 5. The molecule has 2 aliphatic carbocycles. The molecule has 51 heavy (non-hydrogen) atoms. The van der Waals surface area contributed by atoms with E-state index in [2.05, 4.69) is 37.8 Å². The van der Waals surface area contributed by atoms with Crippen molar-refractivity contribution >= 4 is 29.5 Å². The molecule has 4 aliphatic rings. The van der Waals surface area contributed by atoms with Crippen molar-refractivity contribution in [3.05, 3.63) is 53.1 Å². The molecule has 5 amide bonds. The second kappa shape index (κ2) is 15.7. The Labute approximate surface area is 300 Å². The van der Waals surface area contributed by atoms with Crippen LogP contribution in [0.5, 0.6) is 0 Å². The molecule has 6 rings (SSSR count). The van der Waals surface area contributed by atoms with Gasteiger partial charge in [0.2, 0.25) is 29.5 Å². The summed E-state index contributed by atoms with van der Waals surface area (Å²) in [6, 6.07) is 5.68. The van der Waals surface area contributed by atoms with Crippen molar-refractivity contribution in [3.63, 3.8) is 0 Å². The summed E-state index contributed by atoms with van der Waals surface area (Å²) in [6.07, 6.45) is 8.19. The molecule has 2 aliphatic heterocycles. The molecule has 4 N–H and O–H groups in total. The predicted molar refractivity (Wildman–Crippen MR) is 190 cm³/mol. The molecule has 2 aromatic rings. The molecule has 4 fully saturated rings. The molecule has 0 spiro atoms. The predicted octanol–water partition coefficient (Wildman–Crippen LogP) is 3.18. The van der Waals surface area contributed by atoms with Crippen LogP contribution in [-0.4, -0.2) is 80.5 Å². The quantitative estimate of drug-likeness (QED) is 0.250. The topological polar surface area (TPSA) is 157 Å². The summed E-state index contributed by atoms with van der Waals surface area (Å²) in [6.45, 7) is 9.19. The van der Waals surface area contributed by atoms with Crippen molar-refractivity contribution in [2.24, 2.45) is 23.7 Å². The lowest BCUT2D eigenvalue weighted by molar-refractivity contribution is -0.142. The fourth-order valence-electron chi connectivity index (χ4n) is 6.96. The Balaban J connectivity index is 1.01. The molecule has 3 heterocycles. The minimum absolute atomic E-state index is 0.0101. The number of aromatic nitrogens is 2. The van der Waals surface area contributed by atoms with Gasteiger partial charge in [-0.25, -0.2) is 4.98 Å². The summed E-state index contributed by atoms with van der Waals surface area (Å²) in [5, 5.41) is 8.92. The van der Waals surface area contributed by atoms with E-state index < -0.39 is 18.1 Å². The lowest BCUT2D eigenvalue weighted by Gasteiger charge is -2.30. The monoisotopic (exact) mass is 697 g/mol. The minimum Gasteiger partial charge on any atom is -0.350 e. The highest BCUT2D eigenvalue weighted by atomic mass is 16.2. The molecule has 2 saturated carbocycles. The third kappa shape index (κ3) is 8.81. The van der Waals surface area contributed by atoms with Crippen molar-refractivity contribution in [3.8, 4) is 11.8 Å². The highest BCUT2D eigenvalue weighted by Gasteiger charge is 2.41. The second-order valence-corrected chi connectivity index (χ2v) is 15.2. The number of imidazole rings is 1. The first-order valence-electron chi connectivity index (χ1n) is 18.7. The highest BCUT2D eigenvalue weighted by Crippen LogP contribution is 2.33. The van der Waals surface area contributed by atoms with Gasteiger partial charge in [-0.3, -0.25) is 24.0 Å². The zero-order valence-corrected chi connectivity index (χ0v) is 30.2. The number of nitrogens with zero attached hydrogens (tertiary/aromatic N) is 3. The van der Waals surface area contributed by atoms with Crippen LogP contribution in [0, 0.1) is 35.5 Å². The fraction of sp³-hybridized carbons (Fsp3) is 0.590. The third-order valence-corrected chi connectivity index (χ3v) is 10.4. The van der Waals surface area contributed by atoms with E-state index in [1.165, 1.54) is 0 Å². The Kier molecular flexibility index (Phi) is 11.1. The molecule has 1 aromatic heterocycles. The Morgan fingerprint density at radius 2 is 1.33 bits per heavy atom. The summed E-state index contributed by atoms with van der Waals surface area (Å²) in [7, 11) is 0. The zero-order valence-electron chi connectivity index (χ0n) is 30.2. The first-order chi connectivity index (χ1) is 24.5. The SMILES string of the molecule is CC(C)[C@@H](NC(=O)C1CC1)C(=O)N1CCC[C@H]1C(=O)NCc1ccc(C#Cc2cnc([C@@H]3CCCN3C(=O)[C@H](NC(=O)C3CC3)C(C)C)[nH]2)cc1. The number of carbonyl (C=O) groups excluding carboxylic acids is 5. The van der Waals surface area contributed by atoms with Crippen LogP contribution in [0.1, 0.15) is 108 Å². The summed E-state index contributed by atoms with van der Waals surface area (Å²) in [4.78, 5) is 76.5. The van der Waals surface area contributed by atoms with Gasteiger partial charge in [-0.15, -0.1) is 0 Å². The number of nitrogens with one attached hydrogen (secondary N) is 4.